The normalized spacial score (nSPS) is 22.6. The van der Waals surface area contributed by atoms with Crippen LogP contribution in [-0.4, -0.2) is 11.9 Å². The van der Waals surface area contributed by atoms with E-state index in [1.165, 1.54) is 0 Å². The Hall–Kier alpha value is -1.91. The summed E-state index contributed by atoms with van der Waals surface area (Å²) in [5.41, 5.74) is 1.69. The summed E-state index contributed by atoms with van der Waals surface area (Å²) in [6, 6.07) is 11.0. The Labute approximate surface area is 126 Å². The highest BCUT2D eigenvalue weighted by Crippen LogP contribution is 2.43. The molecule has 0 aromatic heterocycles. The second-order valence-corrected chi connectivity index (χ2v) is 5.59. The molecule has 2 atom stereocenters. The first kappa shape index (κ1) is 12.8. The van der Waals surface area contributed by atoms with Gasteiger partial charge in [-0.1, -0.05) is 17.7 Å². The van der Waals surface area contributed by atoms with Gasteiger partial charge < -0.3 is 19.3 Å². The van der Waals surface area contributed by atoms with Gasteiger partial charge >= 0.3 is 0 Å². The van der Waals surface area contributed by atoms with E-state index in [9.17, 15) is 5.11 Å². The molecule has 5 heteroatoms. The van der Waals surface area contributed by atoms with Crippen LogP contribution < -0.4 is 14.2 Å². The highest BCUT2D eigenvalue weighted by molar-refractivity contribution is 6.30. The lowest BCUT2D eigenvalue weighted by atomic mass is 9.95. The molecule has 1 N–H and O–H groups in total. The van der Waals surface area contributed by atoms with Gasteiger partial charge in [0.2, 0.25) is 6.79 Å². The summed E-state index contributed by atoms with van der Waals surface area (Å²) in [6.45, 7) is 0.244. The Morgan fingerprint density at radius 2 is 1.81 bits per heavy atom. The van der Waals surface area contributed by atoms with E-state index in [2.05, 4.69) is 0 Å². The first-order chi connectivity index (χ1) is 10.2. The van der Waals surface area contributed by atoms with Gasteiger partial charge in [0.15, 0.2) is 11.5 Å². The molecule has 4 rings (SSSR count). The number of halogens is 1. The molecule has 0 amide bonds. The molecular weight excluding hydrogens is 292 g/mol. The number of ether oxygens (including phenoxy) is 3. The summed E-state index contributed by atoms with van der Waals surface area (Å²) in [6.07, 6.45) is -0.335. The fraction of sp³-hybridized carbons (Fsp3) is 0.250. The number of aliphatic hydroxyl groups excluding tert-OH is 1. The molecule has 21 heavy (non-hydrogen) atoms. The van der Waals surface area contributed by atoms with Gasteiger partial charge in [0.05, 0.1) is 6.10 Å². The van der Waals surface area contributed by atoms with E-state index >= 15 is 0 Å². The van der Waals surface area contributed by atoms with E-state index in [0.717, 1.165) is 16.9 Å². The minimum atomic E-state index is -0.595. The zero-order valence-corrected chi connectivity index (χ0v) is 11.8. The predicted octanol–water partition coefficient (Wildman–Crippen LogP) is 3.63. The molecule has 0 spiro atoms. The maximum atomic E-state index is 10.3. The highest BCUT2D eigenvalue weighted by Gasteiger charge is 2.29. The molecule has 108 valence electrons. The minimum Gasteiger partial charge on any atom is -0.485 e. The summed E-state index contributed by atoms with van der Waals surface area (Å²) in [4.78, 5) is 0. The molecule has 2 heterocycles. The monoisotopic (exact) mass is 304 g/mol. The Morgan fingerprint density at radius 1 is 1.00 bits per heavy atom. The molecular formula is C16H13ClO4. The fourth-order valence-electron chi connectivity index (χ4n) is 2.74. The highest BCUT2D eigenvalue weighted by atomic mass is 35.5. The van der Waals surface area contributed by atoms with Crippen molar-refractivity contribution >= 4 is 11.6 Å². The first-order valence-corrected chi connectivity index (χ1v) is 7.12. The van der Waals surface area contributed by atoms with E-state index in [4.69, 9.17) is 25.8 Å². The van der Waals surface area contributed by atoms with Crippen LogP contribution in [0.5, 0.6) is 17.2 Å². The van der Waals surface area contributed by atoms with Crippen LogP contribution in [0.4, 0.5) is 0 Å². The molecule has 0 radical (unpaired) electrons. The molecule has 2 aliphatic rings. The second kappa shape index (κ2) is 4.83. The quantitative estimate of drug-likeness (QED) is 0.874. The van der Waals surface area contributed by atoms with E-state index in [1.54, 1.807) is 18.2 Å². The van der Waals surface area contributed by atoms with Gasteiger partial charge in [0.1, 0.15) is 11.9 Å². The van der Waals surface area contributed by atoms with Gasteiger partial charge in [-0.15, -0.1) is 0 Å². The topological polar surface area (TPSA) is 47.9 Å². The molecule has 0 saturated heterocycles. The van der Waals surface area contributed by atoms with Gasteiger partial charge in [-0.3, -0.25) is 0 Å². The minimum absolute atomic E-state index is 0.219. The van der Waals surface area contributed by atoms with Crippen LogP contribution in [-0.2, 0) is 0 Å². The van der Waals surface area contributed by atoms with Crippen LogP contribution in [0.2, 0.25) is 5.02 Å². The van der Waals surface area contributed by atoms with Crippen molar-refractivity contribution in [3.05, 3.63) is 52.5 Å². The van der Waals surface area contributed by atoms with Gasteiger partial charge in [-0.05, 0) is 35.9 Å². The average Bonchev–Trinajstić information content (AvgIpc) is 2.95. The molecule has 0 aliphatic carbocycles. The Balaban J connectivity index is 1.67. The molecule has 2 aliphatic heterocycles. The van der Waals surface area contributed by atoms with Crippen LogP contribution in [0.3, 0.4) is 0 Å². The van der Waals surface area contributed by atoms with E-state index < -0.39 is 6.10 Å². The number of hydrogen-bond acceptors (Lipinski definition) is 4. The molecule has 1 unspecified atom stereocenters. The Morgan fingerprint density at radius 3 is 2.71 bits per heavy atom. The standard InChI is InChI=1S/C16H13ClO4/c17-10-2-4-13-11(6-10)12(18)7-15(21-13)9-1-3-14-16(5-9)20-8-19-14/h1-6,12,15,18H,7-8H2/t12-,15?/m0/s1. The summed E-state index contributed by atoms with van der Waals surface area (Å²) < 4.78 is 16.7. The number of aliphatic hydroxyl groups is 1. The van der Waals surface area contributed by atoms with Crippen molar-refractivity contribution in [2.45, 2.75) is 18.6 Å². The van der Waals surface area contributed by atoms with Crippen molar-refractivity contribution in [3.63, 3.8) is 0 Å². The van der Waals surface area contributed by atoms with Gasteiger partial charge in [0, 0.05) is 17.0 Å². The average molecular weight is 305 g/mol. The van der Waals surface area contributed by atoms with Crippen LogP contribution in [0, 0.1) is 0 Å². The maximum absolute atomic E-state index is 10.3. The number of hydrogen-bond donors (Lipinski definition) is 1. The number of fused-ring (bicyclic) bond motifs is 2. The Bertz CT molecular complexity index is 701. The van der Waals surface area contributed by atoms with E-state index in [1.807, 2.05) is 18.2 Å². The van der Waals surface area contributed by atoms with Crippen molar-refractivity contribution in [3.8, 4) is 17.2 Å². The lowest BCUT2D eigenvalue weighted by molar-refractivity contribution is 0.0656. The SMILES string of the molecule is O[C@H]1CC(c2ccc3c(c2)OCO3)Oc2ccc(Cl)cc21. The predicted molar refractivity (Wildman–Crippen MR) is 77.0 cm³/mol. The number of rotatable bonds is 1. The van der Waals surface area contributed by atoms with Gasteiger partial charge in [-0.2, -0.15) is 0 Å². The van der Waals surface area contributed by atoms with Crippen LogP contribution >= 0.6 is 11.6 Å². The maximum Gasteiger partial charge on any atom is 0.231 e. The third kappa shape index (κ3) is 2.20. The van der Waals surface area contributed by atoms with Gasteiger partial charge in [0.25, 0.3) is 0 Å². The van der Waals surface area contributed by atoms with Gasteiger partial charge in [-0.25, -0.2) is 0 Å². The zero-order chi connectivity index (χ0) is 14.4. The van der Waals surface area contributed by atoms with Crippen molar-refractivity contribution in [2.75, 3.05) is 6.79 Å². The summed E-state index contributed by atoms with van der Waals surface area (Å²) in [5, 5.41) is 10.9. The van der Waals surface area contributed by atoms with E-state index in [-0.39, 0.29) is 12.9 Å². The molecule has 4 nitrogen and oxygen atoms in total. The van der Waals surface area contributed by atoms with Crippen molar-refractivity contribution < 1.29 is 19.3 Å². The van der Waals surface area contributed by atoms with E-state index in [0.29, 0.717) is 22.9 Å². The number of benzene rings is 2. The molecule has 2 aromatic rings. The second-order valence-electron chi connectivity index (χ2n) is 5.15. The lowest BCUT2D eigenvalue weighted by Gasteiger charge is -2.30. The smallest absolute Gasteiger partial charge is 0.231 e. The lowest BCUT2D eigenvalue weighted by Crippen LogP contribution is -2.19. The summed E-state index contributed by atoms with van der Waals surface area (Å²) in [5.74, 6) is 2.12. The van der Waals surface area contributed by atoms with Crippen LogP contribution in [0.25, 0.3) is 0 Å². The van der Waals surface area contributed by atoms with Crippen molar-refractivity contribution in [1.82, 2.24) is 0 Å². The molecule has 0 saturated carbocycles. The molecule has 2 aromatic carbocycles. The third-order valence-corrected chi connectivity index (χ3v) is 4.04. The third-order valence-electron chi connectivity index (χ3n) is 3.81. The summed E-state index contributed by atoms with van der Waals surface area (Å²) in [7, 11) is 0. The van der Waals surface area contributed by atoms with Crippen molar-refractivity contribution in [1.29, 1.82) is 0 Å². The van der Waals surface area contributed by atoms with Crippen LogP contribution in [0.1, 0.15) is 29.8 Å². The van der Waals surface area contributed by atoms with Crippen molar-refractivity contribution in [2.24, 2.45) is 0 Å². The first-order valence-electron chi connectivity index (χ1n) is 6.74. The fourth-order valence-corrected chi connectivity index (χ4v) is 2.92. The molecule has 0 bridgehead atoms. The van der Waals surface area contributed by atoms with Crippen LogP contribution in [0.15, 0.2) is 36.4 Å². The zero-order valence-electron chi connectivity index (χ0n) is 11.1. The Kier molecular flexibility index (Phi) is 2.94. The largest absolute Gasteiger partial charge is 0.485 e. The summed E-state index contributed by atoms with van der Waals surface area (Å²) >= 11 is 5.96. The molecule has 0 fully saturated rings.